The highest BCUT2D eigenvalue weighted by atomic mass is 35.5. The lowest BCUT2D eigenvalue weighted by atomic mass is 10.1. The molecular formula is C18H20ClN3O2. The zero-order valence-corrected chi connectivity index (χ0v) is 14.5. The van der Waals surface area contributed by atoms with Gasteiger partial charge in [0, 0.05) is 29.0 Å². The molecule has 126 valence electrons. The van der Waals surface area contributed by atoms with Crippen molar-refractivity contribution in [3.05, 3.63) is 58.4 Å². The van der Waals surface area contributed by atoms with E-state index in [4.69, 9.17) is 11.6 Å². The summed E-state index contributed by atoms with van der Waals surface area (Å²) in [6.45, 7) is 4.54. The molecule has 0 fully saturated rings. The van der Waals surface area contributed by atoms with Crippen molar-refractivity contribution in [1.82, 2.24) is 10.3 Å². The SMILES string of the molecule is CCCCNC(=O)c1ccnc(C(=O)Nc2cc(Cl)ccc2C)c1. The number of carbonyl (C=O) groups excluding carboxylic acids is 2. The van der Waals surface area contributed by atoms with E-state index in [9.17, 15) is 9.59 Å². The summed E-state index contributed by atoms with van der Waals surface area (Å²) in [4.78, 5) is 28.5. The van der Waals surface area contributed by atoms with Crippen LogP contribution in [0, 0.1) is 6.92 Å². The zero-order valence-electron chi connectivity index (χ0n) is 13.7. The van der Waals surface area contributed by atoms with Crippen molar-refractivity contribution >= 4 is 29.1 Å². The molecule has 1 heterocycles. The van der Waals surface area contributed by atoms with Gasteiger partial charge >= 0.3 is 0 Å². The monoisotopic (exact) mass is 345 g/mol. The fraction of sp³-hybridized carbons (Fsp3) is 0.278. The van der Waals surface area contributed by atoms with Crippen LogP contribution in [-0.4, -0.2) is 23.3 Å². The summed E-state index contributed by atoms with van der Waals surface area (Å²) in [5.41, 5.74) is 2.10. The molecule has 2 rings (SSSR count). The van der Waals surface area contributed by atoms with E-state index in [1.54, 1.807) is 18.2 Å². The number of hydrogen-bond donors (Lipinski definition) is 2. The Morgan fingerprint density at radius 1 is 1.17 bits per heavy atom. The predicted octanol–water partition coefficient (Wildman–Crippen LogP) is 3.83. The third kappa shape index (κ3) is 4.80. The second kappa shape index (κ2) is 8.45. The van der Waals surface area contributed by atoms with E-state index in [0.717, 1.165) is 18.4 Å². The Morgan fingerprint density at radius 2 is 1.96 bits per heavy atom. The van der Waals surface area contributed by atoms with Crippen LogP contribution in [0.25, 0.3) is 0 Å². The average molecular weight is 346 g/mol. The van der Waals surface area contributed by atoms with Gasteiger partial charge in [0.1, 0.15) is 5.69 Å². The minimum absolute atomic E-state index is 0.178. The second-order valence-corrected chi connectivity index (χ2v) is 5.89. The topological polar surface area (TPSA) is 71.1 Å². The lowest BCUT2D eigenvalue weighted by Gasteiger charge is -2.09. The molecule has 0 radical (unpaired) electrons. The number of amides is 2. The van der Waals surface area contributed by atoms with Crippen LogP contribution in [-0.2, 0) is 0 Å². The van der Waals surface area contributed by atoms with Gasteiger partial charge in [0.15, 0.2) is 0 Å². The van der Waals surface area contributed by atoms with Gasteiger partial charge in [-0.05, 0) is 43.2 Å². The van der Waals surface area contributed by atoms with E-state index in [2.05, 4.69) is 22.5 Å². The highest BCUT2D eigenvalue weighted by molar-refractivity contribution is 6.31. The number of hydrogen-bond acceptors (Lipinski definition) is 3. The smallest absolute Gasteiger partial charge is 0.274 e. The van der Waals surface area contributed by atoms with Gasteiger partial charge in [-0.2, -0.15) is 0 Å². The molecule has 0 spiro atoms. The summed E-state index contributed by atoms with van der Waals surface area (Å²) in [5.74, 6) is -0.595. The third-order valence-corrected chi connectivity index (χ3v) is 3.75. The van der Waals surface area contributed by atoms with E-state index in [-0.39, 0.29) is 17.5 Å². The Kier molecular flexibility index (Phi) is 6.32. The first-order valence-corrected chi connectivity index (χ1v) is 8.21. The van der Waals surface area contributed by atoms with E-state index in [1.807, 2.05) is 13.0 Å². The molecule has 0 aliphatic carbocycles. The minimum Gasteiger partial charge on any atom is -0.352 e. The van der Waals surface area contributed by atoms with Gasteiger partial charge < -0.3 is 10.6 Å². The summed E-state index contributed by atoms with van der Waals surface area (Å²) in [7, 11) is 0. The van der Waals surface area contributed by atoms with Crippen molar-refractivity contribution in [3.8, 4) is 0 Å². The standard InChI is InChI=1S/C18H20ClN3O2/c1-3-4-8-21-17(23)13-7-9-20-16(10-13)18(24)22-15-11-14(19)6-5-12(15)2/h5-7,9-11H,3-4,8H2,1-2H3,(H,21,23)(H,22,24). The van der Waals surface area contributed by atoms with E-state index in [0.29, 0.717) is 22.8 Å². The van der Waals surface area contributed by atoms with Crippen molar-refractivity contribution in [2.45, 2.75) is 26.7 Å². The molecule has 0 saturated carbocycles. The van der Waals surface area contributed by atoms with Gasteiger partial charge in [0.25, 0.3) is 11.8 Å². The van der Waals surface area contributed by atoms with Crippen LogP contribution in [0.15, 0.2) is 36.5 Å². The van der Waals surface area contributed by atoms with Gasteiger partial charge in [-0.25, -0.2) is 0 Å². The largest absolute Gasteiger partial charge is 0.352 e. The Labute approximate surface area is 146 Å². The maximum Gasteiger partial charge on any atom is 0.274 e. The van der Waals surface area contributed by atoms with Crippen molar-refractivity contribution < 1.29 is 9.59 Å². The summed E-state index contributed by atoms with van der Waals surface area (Å²) in [6.07, 6.45) is 3.37. The minimum atomic E-state index is -0.386. The number of carbonyl (C=O) groups is 2. The summed E-state index contributed by atoms with van der Waals surface area (Å²) in [6, 6.07) is 8.32. The summed E-state index contributed by atoms with van der Waals surface area (Å²) < 4.78 is 0. The lowest BCUT2D eigenvalue weighted by Crippen LogP contribution is -2.25. The van der Waals surface area contributed by atoms with Crippen LogP contribution in [0.2, 0.25) is 5.02 Å². The van der Waals surface area contributed by atoms with Crippen molar-refractivity contribution in [3.63, 3.8) is 0 Å². The number of aryl methyl sites for hydroxylation is 1. The Bertz CT molecular complexity index is 747. The molecule has 2 aromatic rings. The van der Waals surface area contributed by atoms with Crippen LogP contribution in [0.1, 0.15) is 46.2 Å². The Balaban J connectivity index is 2.11. The molecule has 0 aliphatic rings. The van der Waals surface area contributed by atoms with Crippen LogP contribution >= 0.6 is 11.6 Å². The molecular weight excluding hydrogens is 326 g/mol. The quantitative estimate of drug-likeness (QED) is 0.782. The number of benzene rings is 1. The number of halogens is 1. The number of rotatable bonds is 6. The lowest BCUT2D eigenvalue weighted by molar-refractivity contribution is 0.0953. The molecule has 2 N–H and O–H groups in total. The van der Waals surface area contributed by atoms with Crippen molar-refractivity contribution in [2.75, 3.05) is 11.9 Å². The molecule has 0 unspecified atom stereocenters. The fourth-order valence-corrected chi connectivity index (χ4v) is 2.26. The number of nitrogens with zero attached hydrogens (tertiary/aromatic N) is 1. The average Bonchev–Trinajstić information content (AvgIpc) is 2.58. The molecule has 0 atom stereocenters. The first-order valence-electron chi connectivity index (χ1n) is 7.83. The highest BCUT2D eigenvalue weighted by Crippen LogP contribution is 2.20. The Morgan fingerprint density at radius 3 is 2.71 bits per heavy atom. The molecule has 6 heteroatoms. The molecule has 2 amide bonds. The molecule has 1 aromatic heterocycles. The van der Waals surface area contributed by atoms with Crippen LogP contribution in [0.3, 0.4) is 0 Å². The first kappa shape index (κ1) is 17.9. The number of pyridine rings is 1. The van der Waals surface area contributed by atoms with E-state index < -0.39 is 0 Å². The number of anilines is 1. The zero-order chi connectivity index (χ0) is 17.5. The molecule has 1 aromatic carbocycles. The van der Waals surface area contributed by atoms with Gasteiger partial charge in [0.05, 0.1) is 0 Å². The van der Waals surface area contributed by atoms with Crippen LogP contribution < -0.4 is 10.6 Å². The normalized spacial score (nSPS) is 10.3. The van der Waals surface area contributed by atoms with Gasteiger partial charge in [-0.15, -0.1) is 0 Å². The van der Waals surface area contributed by atoms with Crippen LogP contribution in [0.4, 0.5) is 5.69 Å². The van der Waals surface area contributed by atoms with Gasteiger partial charge in [-0.3, -0.25) is 14.6 Å². The van der Waals surface area contributed by atoms with Gasteiger partial charge in [-0.1, -0.05) is 31.0 Å². The van der Waals surface area contributed by atoms with E-state index in [1.165, 1.54) is 12.3 Å². The fourth-order valence-electron chi connectivity index (χ4n) is 2.09. The number of aromatic nitrogens is 1. The maximum atomic E-state index is 12.4. The number of nitrogens with one attached hydrogen (secondary N) is 2. The highest BCUT2D eigenvalue weighted by Gasteiger charge is 2.13. The third-order valence-electron chi connectivity index (χ3n) is 3.52. The van der Waals surface area contributed by atoms with Crippen LogP contribution in [0.5, 0.6) is 0 Å². The molecule has 24 heavy (non-hydrogen) atoms. The van der Waals surface area contributed by atoms with Crippen molar-refractivity contribution in [2.24, 2.45) is 0 Å². The molecule has 0 aliphatic heterocycles. The number of unbranched alkanes of at least 4 members (excludes halogenated alkanes) is 1. The molecule has 5 nitrogen and oxygen atoms in total. The second-order valence-electron chi connectivity index (χ2n) is 5.45. The molecule has 0 bridgehead atoms. The summed E-state index contributed by atoms with van der Waals surface area (Å²) in [5, 5.41) is 6.12. The molecule has 0 saturated heterocycles. The van der Waals surface area contributed by atoms with Gasteiger partial charge in [0.2, 0.25) is 0 Å². The summed E-state index contributed by atoms with van der Waals surface area (Å²) >= 11 is 5.95. The predicted molar refractivity (Wildman–Crippen MR) is 95.6 cm³/mol. The first-order chi connectivity index (χ1) is 11.5. The van der Waals surface area contributed by atoms with Crippen molar-refractivity contribution in [1.29, 1.82) is 0 Å². The Hall–Kier alpha value is -2.40. The maximum absolute atomic E-state index is 12.4. The van der Waals surface area contributed by atoms with E-state index >= 15 is 0 Å².